The lowest BCUT2D eigenvalue weighted by atomic mass is 10.0. The summed E-state index contributed by atoms with van der Waals surface area (Å²) in [5.41, 5.74) is 3.06. The number of hydrogen-bond acceptors (Lipinski definition) is 9. The van der Waals surface area contributed by atoms with E-state index in [1.165, 1.54) is 11.4 Å². The number of aryl methyl sites for hydroxylation is 2. The number of anilines is 2. The number of amides is 2. The Morgan fingerprint density at radius 3 is 2.36 bits per heavy atom. The molecular formula is C32H43N9O5S. The molecule has 3 aromatic heterocycles. The second-order valence-corrected chi connectivity index (χ2v) is 15.8. The summed E-state index contributed by atoms with van der Waals surface area (Å²) in [4.78, 5) is 40.1. The van der Waals surface area contributed by atoms with Crippen LogP contribution in [0.3, 0.4) is 0 Å². The number of imidazole rings is 1. The van der Waals surface area contributed by atoms with E-state index in [0.717, 1.165) is 56.1 Å². The summed E-state index contributed by atoms with van der Waals surface area (Å²) in [6.45, 7) is 9.08. The molecule has 1 aliphatic heterocycles. The number of benzene rings is 1. The van der Waals surface area contributed by atoms with Gasteiger partial charge in [-0.2, -0.15) is 9.40 Å². The standard InChI is InChI=1S/C32H43N9O5S/c1-20-16-40-19-27(34-29(40)25(33-20)18-38(6)47(7,44)45)35-30(42)23-10-11-26(24-17-37(5)36-28(23)24)39-14-12-22(13-15-39)41(21-8-9-21)31(43)46-32(2,3)4/h10-11,16-17,19,21-22H,8-9,12-15,18H2,1-7H3,(H,35,42). The maximum Gasteiger partial charge on any atom is 0.410 e. The first-order valence-electron chi connectivity index (χ1n) is 15.9. The third-order valence-electron chi connectivity index (χ3n) is 8.56. The molecule has 0 spiro atoms. The number of carbonyl (C=O) groups excluding carboxylic acids is 2. The lowest BCUT2D eigenvalue weighted by Crippen LogP contribution is -2.50. The fraction of sp³-hybridized carbons (Fsp3) is 0.531. The third kappa shape index (κ3) is 7.05. The molecule has 47 heavy (non-hydrogen) atoms. The summed E-state index contributed by atoms with van der Waals surface area (Å²) < 4.78 is 34.4. The minimum Gasteiger partial charge on any atom is -0.444 e. The average Bonchev–Trinajstić information content (AvgIpc) is 3.58. The topological polar surface area (TPSA) is 147 Å². The highest BCUT2D eigenvalue weighted by molar-refractivity contribution is 7.88. The van der Waals surface area contributed by atoms with Crippen molar-refractivity contribution >= 4 is 50.1 Å². The number of sulfonamides is 1. The van der Waals surface area contributed by atoms with Crippen molar-refractivity contribution in [1.29, 1.82) is 0 Å². The number of hydrogen-bond donors (Lipinski definition) is 1. The van der Waals surface area contributed by atoms with E-state index in [9.17, 15) is 18.0 Å². The predicted molar refractivity (Wildman–Crippen MR) is 179 cm³/mol. The summed E-state index contributed by atoms with van der Waals surface area (Å²) in [6, 6.07) is 4.14. The first-order valence-corrected chi connectivity index (χ1v) is 17.7. The maximum absolute atomic E-state index is 13.6. The van der Waals surface area contributed by atoms with Gasteiger partial charge >= 0.3 is 6.09 Å². The minimum absolute atomic E-state index is 0.0430. The van der Waals surface area contributed by atoms with Crippen molar-refractivity contribution in [3.8, 4) is 0 Å². The second kappa shape index (κ2) is 12.1. The van der Waals surface area contributed by atoms with Gasteiger partial charge in [-0.1, -0.05) is 0 Å². The molecule has 1 aromatic carbocycles. The lowest BCUT2D eigenvalue weighted by molar-refractivity contribution is 0.0113. The van der Waals surface area contributed by atoms with E-state index in [1.54, 1.807) is 27.5 Å². The zero-order valence-electron chi connectivity index (χ0n) is 28.0. The van der Waals surface area contributed by atoms with Gasteiger partial charge in [0.25, 0.3) is 5.91 Å². The molecule has 6 rings (SSSR count). The molecule has 2 amide bonds. The van der Waals surface area contributed by atoms with Crippen molar-refractivity contribution in [1.82, 2.24) is 33.4 Å². The molecule has 0 bridgehead atoms. The summed E-state index contributed by atoms with van der Waals surface area (Å²) in [5, 5.41) is 8.41. The Morgan fingerprint density at radius 1 is 1.04 bits per heavy atom. The molecule has 1 saturated heterocycles. The number of piperidine rings is 1. The SMILES string of the molecule is Cc1cn2cc(NC(=O)c3ccc(N4CCC(N(C(=O)OC(C)(C)C)C5CC5)CC4)c4cn(C)nc34)nc2c(CN(C)S(C)(=O)=O)n1. The lowest BCUT2D eigenvalue weighted by Gasteiger charge is -2.40. The molecule has 0 atom stereocenters. The molecule has 0 unspecified atom stereocenters. The van der Waals surface area contributed by atoms with Gasteiger partial charge in [0.1, 0.15) is 11.1 Å². The summed E-state index contributed by atoms with van der Waals surface area (Å²) in [6.07, 6.45) is 9.98. The van der Waals surface area contributed by atoms with Crippen LogP contribution in [0.4, 0.5) is 16.3 Å². The first kappa shape index (κ1) is 32.7. The van der Waals surface area contributed by atoms with Crippen molar-refractivity contribution in [2.45, 2.75) is 77.6 Å². The third-order valence-corrected chi connectivity index (χ3v) is 9.82. The number of rotatable bonds is 8. The number of nitrogens with one attached hydrogen (secondary N) is 1. The fourth-order valence-corrected chi connectivity index (χ4v) is 6.55. The average molecular weight is 666 g/mol. The highest BCUT2D eigenvalue weighted by atomic mass is 32.2. The molecule has 0 radical (unpaired) electrons. The van der Waals surface area contributed by atoms with Crippen LogP contribution in [0, 0.1) is 6.92 Å². The Hall–Kier alpha value is -4.24. The van der Waals surface area contributed by atoms with E-state index < -0.39 is 15.6 Å². The second-order valence-electron chi connectivity index (χ2n) is 13.7. The van der Waals surface area contributed by atoms with Gasteiger partial charge in [-0.05, 0) is 65.5 Å². The zero-order valence-corrected chi connectivity index (χ0v) is 28.8. The number of aromatic nitrogens is 5. The molecule has 1 saturated carbocycles. The molecule has 1 N–H and O–H groups in total. The quantitative estimate of drug-likeness (QED) is 0.296. The van der Waals surface area contributed by atoms with Gasteiger partial charge in [0, 0.05) is 62.7 Å². The Bertz CT molecular complexity index is 1950. The van der Waals surface area contributed by atoms with E-state index in [2.05, 4.69) is 25.3 Å². The van der Waals surface area contributed by atoms with Gasteiger partial charge in [0.15, 0.2) is 11.5 Å². The molecule has 2 aliphatic rings. The van der Waals surface area contributed by atoms with Crippen LogP contribution in [0.25, 0.3) is 16.6 Å². The number of carbonyl (C=O) groups is 2. The smallest absolute Gasteiger partial charge is 0.410 e. The number of nitrogens with zero attached hydrogens (tertiary/aromatic N) is 8. The Labute approximate surface area is 274 Å². The minimum atomic E-state index is -3.43. The van der Waals surface area contributed by atoms with Crippen LogP contribution in [0.2, 0.25) is 0 Å². The largest absolute Gasteiger partial charge is 0.444 e. The van der Waals surface area contributed by atoms with Gasteiger partial charge in [0.2, 0.25) is 10.0 Å². The van der Waals surface area contributed by atoms with Crippen LogP contribution in [0.5, 0.6) is 0 Å². The summed E-state index contributed by atoms with van der Waals surface area (Å²) in [7, 11) is -0.109. The van der Waals surface area contributed by atoms with Crippen LogP contribution in [-0.2, 0) is 28.4 Å². The van der Waals surface area contributed by atoms with Crippen molar-refractivity contribution in [3.63, 3.8) is 0 Å². The first-order chi connectivity index (χ1) is 22.1. The Kier molecular flexibility index (Phi) is 8.41. The highest BCUT2D eigenvalue weighted by Crippen LogP contribution is 2.36. The van der Waals surface area contributed by atoms with Crippen molar-refractivity contribution < 1.29 is 22.7 Å². The number of ether oxygens (including phenoxy) is 1. The van der Waals surface area contributed by atoms with E-state index in [1.807, 2.05) is 51.9 Å². The monoisotopic (exact) mass is 665 g/mol. The van der Waals surface area contributed by atoms with Crippen molar-refractivity contribution in [2.75, 3.05) is 36.6 Å². The van der Waals surface area contributed by atoms with Crippen molar-refractivity contribution in [2.24, 2.45) is 7.05 Å². The van der Waals surface area contributed by atoms with Crippen LogP contribution >= 0.6 is 0 Å². The van der Waals surface area contributed by atoms with Gasteiger partial charge in [-0.15, -0.1) is 0 Å². The van der Waals surface area contributed by atoms with E-state index in [-0.39, 0.29) is 30.6 Å². The van der Waals surface area contributed by atoms with Crippen LogP contribution in [0.15, 0.2) is 30.7 Å². The molecule has 2 fully saturated rings. The molecule has 252 valence electrons. The van der Waals surface area contributed by atoms with E-state index in [4.69, 9.17) is 4.74 Å². The van der Waals surface area contributed by atoms with Crippen molar-refractivity contribution in [3.05, 3.63) is 47.7 Å². The van der Waals surface area contributed by atoms with Gasteiger partial charge in [0.05, 0.1) is 35.9 Å². The van der Waals surface area contributed by atoms with Gasteiger partial charge < -0.3 is 24.3 Å². The zero-order chi connectivity index (χ0) is 33.8. The number of fused-ring (bicyclic) bond motifs is 2. The predicted octanol–water partition coefficient (Wildman–Crippen LogP) is 3.94. The highest BCUT2D eigenvalue weighted by Gasteiger charge is 2.41. The molecule has 1 aliphatic carbocycles. The summed E-state index contributed by atoms with van der Waals surface area (Å²) in [5.74, 6) is -0.0506. The normalized spacial score (nSPS) is 16.3. The fourth-order valence-electron chi connectivity index (χ4n) is 6.19. The van der Waals surface area contributed by atoms with Crippen LogP contribution < -0.4 is 10.2 Å². The maximum atomic E-state index is 13.6. The molecule has 14 nitrogen and oxygen atoms in total. The summed E-state index contributed by atoms with van der Waals surface area (Å²) >= 11 is 0. The molecule has 15 heteroatoms. The van der Waals surface area contributed by atoms with Crippen LogP contribution in [0.1, 0.15) is 68.2 Å². The molecular weight excluding hydrogens is 622 g/mol. The molecule has 4 aromatic rings. The molecule has 4 heterocycles. The van der Waals surface area contributed by atoms with Gasteiger partial charge in [-0.3, -0.25) is 14.5 Å². The Balaban J connectivity index is 1.20. The van der Waals surface area contributed by atoms with Crippen LogP contribution in [-0.4, -0.2) is 97.9 Å². The van der Waals surface area contributed by atoms with Gasteiger partial charge in [-0.25, -0.2) is 18.2 Å². The Morgan fingerprint density at radius 2 is 1.72 bits per heavy atom. The van der Waals surface area contributed by atoms with E-state index in [0.29, 0.717) is 33.9 Å². The van der Waals surface area contributed by atoms with E-state index >= 15 is 0 Å².